The third-order valence-electron chi connectivity index (χ3n) is 4.68. The van der Waals surface area contributed by atoms with Crippen LogP contribution in [0.4, 0.5) is 0 Å². The van der Waals surface area contributed by atoms with Crippen molar-refractivity contribution in [1.82, 2.24) is 24.1 Å². The molecule has 136 valence electrons. The molecule has 0 saturated carbocycles. The molecule has 0 fully saturated rings. The highest BCUT2D eigenvalue weighted by Gasteiger charge is 2.10. The van der Waals surface area contributed by atoms with Crippen molar-refractivity contribution in [3.63, 3.8) is 0 Å². The average Bonchev–Trinajstić information content (AvgIpc) is 3.36. The van der Waals surface area contributed by atoms with E-state index >= 15 is 0 Å². The van der Waals surface area contributed by atoms with Crippen LogP contribution in [0.3, 0.4) is 0 Å². The maximum absolute atomic E-state index is 9.53. The Kier molecular flexibility index (Phi) is 3.87. The molecule has 5 aromatic rings. The van der Waals surface area contributed by atoms with E-state index < -0.39 is 0 Å². The van der Waals surface area contributed by atoms with Gasteiger partial charge in [-0.2, -0.15) is 5.10 Å². The minimum absolute atomic E-state index is 0.241. The molecule has 0 aliphatic rings. The fourth-order valence-corrected chi connectivity index (χ4v) is 3.24. The van der Waals surface area contributed by atoms with Gasteiger partial charge in [0.2, 0.25) is 0 Å². The van der Waals surface area contributed by atoms with Gasteiger partial charge in [0.25, 0.3) is 0 Å². The van der Waals surface area contributed by atoms with E-state index in [1.165, 1.54) is 5.56 Å². The van der Waals surface area contributed by atoms with Crippen molar-refractivity contribution in [2.45, 2.75) is 6.54 Å². The van der Waals surface area contributed by atoms with Crippen LogP contribution in [0.25, 0.3) is 28.2 Å². The molecule has 0 bridgehead atoms. The van der Waals surface area contributed by atoms with Crippen molar-refractivity contribution in [3.8, 4) is 28.3 Å². The highest BCUT2D eigenvalue weighted by Crippen LogP contribution is 2.25. The number of hydrogen-bond acceptors (Lipinski definition) is 4. The Morgan fingerprint density at radius 3 is 2.43 bits per heavy atom. The van der Waals surface area contributed by atoms with Crippen LogP contribution < -0.4 is 0 Å². The Labute approximate surface area is 161 Å². The van der Waals surface area contributed by atoms with Crippen LogP contribution in [0.5, 0.6) is 5.75 Å². The number of rotatable bonds is 4. The van der Waals surface area contributed by atoms with Gasteiger partial charge in [0.05, 0.1) is 36.5 Å². The molecular weight excluding hydrogens is 350 g/mol. The Bertz CT molecular complexity index is 1240. The lowest BCUT2D eigenvalue weighted by Gasteiger charge is -2.04. The van der Waals surface area contributed by atoms with E-state index in [-0.39, 0.29) is 5.75 Å². The number of benzene rings is 2. The molecule has 2 aromatic carbocycles. The summed E-state index contributed by atoms with van der Waals surface area (Å²) in [7, 11) is 0. The number of aromatic nitrogens is 5. The predicted molar refractivity (Wildman–Crippen MR) is 107 cm³/mol. The van der Waals surface area contributed by atoms with Gasteiger partial charge in [-0.15, -0.1) is 0 Å². The van der Waals surface area contributed by atoms with Crippen molar-refractivity contribution >= 4 is 5.65 Å². The van der Waals surface area contributed by atoms with E-state index in [0.717, 1.165) is 28.2 Å². The molecule has 5 rings (SSSR count). The average molecular weight is 367 g/mol. The van der Waals surface area contributed by atoms with Gasteiger partial charge < -0.3 is 5.11 Å². The zero-order valence-corrected chi connectivity index (χ0v) is 15.0. The maximum atomic E-state index is 9.53. The lowest BCUT2D eigenvalue weighted by Crippen LogP contribution is -1.99. The van der Waals surface area contributed by atoms with E-state index in [9.17, 15) is 5.11 Å². The number of hydrogen-bond donors (Lipinski definition) is 1. The lowest BCUT2D eigenvalue weighted by atomic mass is 10.1. The van der Waals surface area contributed by atoms with Crippen LogP contribution in [0.2, 0.25) is 0 Å². The van der Waals surface area contributed by atoms with E-state index in [4.69, 9.17) is 0 Å². The van der Waals surface area contributed by atoms with Crippen LogP contribution in [-0.4, -0.2) is 29.3 Å². The molecule has 3 aromatic heterocycles. The van der Waals surface area contributed by atoms with Crippen LogP contribution in [0, 0.1) is 0 Å². The van der Waals surface area contributed by atoms with Gasteiger partial charge in [-0.25, -0.2) is 4.98 Å². The SMILES string of the molecule is Oc1ccc(-c2cnc3cnc(-c4cnn(Cc5ccccc5)c4)cn23)cc1. The van der Waals surface area contributed by atoms with Crippen LogP contribution >= 0.6 is 0 Å². The maximum Gasteiger partial charge on any atom is 0.155 e. The highest BCUT2D eigenvalue weighted by molar-refractivity contribution is 5.66. The van der Waals surface area contributed by atoms with Crippen molar-refractivity contribution in [2.75, 3.05) is 0 Å². The summed E-state index contributed by atoms with van der Waals surface area (Å²) in [6, 6.07) is 17.3. The fraction of sp³-hybridized carbons (Fsp3) is 0.0455. The van der Waals surface area contributed by atoms with Crippen LogP contribution in [-0.2, 0) is 6.54 Å². The highest BCUT2D eigenvalue weighted by atomic mass is 16.3. The molecule has 6 heteroatoms. The molecule has 0 spiro atoms. The molecule has 28 heavy (non-hydrogen) atoms. The van der Waals surface area contributed by atoms with E-state index in [1.54, 1.807) is 18.3 Å². The number of imidazole rings is 1. The lowest BCUT2D eigenvalue weighted by molar-refractivity contribution is 0.475. The van der Waals surface area contributed by atoms with Crippen molar-refractivity contribution < 1.29 is 5.11 Å². The van der Waals surface area contributed by atoms with Gasteiger partial charge >= 0.3 is 0 Å². The van der Waals surface area contributed by atoms with Crippen molar-refractivity contribution in [1.29, 1.82) is 0 Å². The molecule has 0 radical (unpaired) electrons. The normalized spacial score (nSPS) is 11.1. The first kappa shape index (κ1) is 16.3. The fourth-order valence-electron chi connectivity index (χ4n) is 3.24. The topological polar surface area (TPSA) is 68.2 Å². The van der Waals surface area contributed by atoms with Crippen molar-refractivity contribution in [3.05, 3.63) is 91.1 Å². The summed E-state index contributed by atoms with van der Waals surface area (Å²) in [5, 5.41) is 14.0. The monoisotopic (exact) mass is 367 g/mol. The summed E-state index contributed by atoms with van der Waals surface area (Å²) in [5.41, 5.74) is 5.65. The largest absolute Gasteiger partial charge is 0.508 e. The molecule has 0 saturated heterocycles. The quantitative estimate of drug-likeness (QED) is 0.521. The predicted octanol–water partition coefficient (Wildman–Crippen LogP) is 4.01. The van der Waals surface area contributed by atoms with E-state index in [1.807, 2.05) is 64.2 Å². The molecule has 0 atom stereocenters. The van der Waals surface area contributed by atoms with Gasteiger partial charge in [0.1, 0.15) is 5.75 Å². The third kappa shape index (κ3) is 3.01. The molecule has 6 nitrogen and oxygen atoms in total. The van der Waals surface area contributed by atoms with E-state index in [2.05, 4.69) is 27.2 Å². The van der Waals surface area contributed by atoms with Gasteiger partial charge in [0.15, 0.2) is 5.65 Å². The second kappa shape index (κ2) is 6.66. The summed E-state index contributed by atoms with van der Waals surface area (Å²) in [6.45, 7) is 0.715. The zero-order chi connectivity index (χ0) is 18.9. The second-order valence-electron chi connectivity index (χ2n) is 6.60. The summed E-state index contributed by atoms with van der Waals surface area (Å²) >= 11 is 0. The Morgan fingerprint density at radius 1 is 0.786 bits per heavy atom. The Balaban J connectivity index is 1.50. The molecule has 0 aliphatic carbocycles. The summed E-state index contributed by atoms with van der Waals surface area (Å²) in [5.74, 6) is 0.241. The number of aromatic hydroxyl groups is 1. The van der Waals surface area contributed by atoms with Gasteiger partial charge in [-0.05, 0) is 29.8 Å². The minimum atomic E-state index is 0.241. The molecule has 1 N–H and O–H groups in total. The number of phenols is 1. The molecule has 3 heterocycles. The summed E-state index contributed by atoms with van der Waals surface area (Å²) < 4.78 is 3.91. The standard InChI is InChI=1S/C22H17N5O/c28-19-8-6-17(7-9-19)21-11-24-22-12-23-20(15-27(21)22)18-10-25-26(14-18)13-16-4-2-1-3-5-16/h1-12,14-15,28H,13H2. The minimum Gasteiger partial charge on any atom is -0.508 e. The molecule has 0 unspecified atom stereocenters. The van der Waals surface area contributed by atoms with Crippen molar-refractivity contribution in [2.24, 2.45) is 0 Å². The van der Waals surface area contributed by atoms with Crippen LogP contribution in [0.15, 0.2) is 85.6 Å². The first-order valence-electron chi connectivity index (χ1n) is 8.95. The summed E-state index contributed by atoms with van der Waals surface area (Å²) in [6.07, 6.45) is 9.36. The third-order valence-corrected chi connectivity index (χ3v) is 4.68. The van der Waals surface area contributed by atoms with E-state index in [0.29, 0.717) is 6.54 Å². The molecule has 0 aliphatic heterocycles. The molecular formula is C22H17N5O. The number of phenolic OH excluding ortho intramolecular Hbond substituents is 1. The first-order chi connectivity index (χ1) is 13.8. The van der Waals surface area contributed by atoms with Crippen LogP contribution in [0.1, 0.15) is 5.56 Å². The zero-order valence-electron chi connectivity index (χ0n) is 15.0. The van der Waals surface area contributed by atoms with Gasteiger partial charge in [0, 0.05) is 23.5 Å². The Morgan fingerprint density at radius 2 is 1.61 bits per heavy atom. The molecule has 0 amide bonds. The number of fused-ring (bicyclic) bond motifs is 1. The number of nitrogens with zero attached hydrogens (tertiary/aromatic N) is 5. The smallest absolute Gasteiger partial charge is 0.155 e. The van der Waals surface area contributed by atoms with Gasteiger partial charge in [-0.1, -0.05) is 30.3 Å². The summed E-state index contributed by atoms with van der Waals surface area (Å²) in [4.78, 5) is 8.97. The Hall–Kier alpha value is -3.93. The van der Waals surface area contributed by atoms with Gasteiger partial charge in [-0.3, -0.25) is 14.1 Å². The second-order valence-corrected chi connectivity index (χ2v) is 6.60. The first-order valence-corrected chi connectivity index (χ1v) is 8.95.